The van der Waals surface area contributed by atoms with Crippen LogP contribution in [0.4, 0.5) is 11.4 Å². The first-order valence-corrected chi connectivity index (χ1v) is 13.4. The molecule has 1 heterocycles. The fraction of sp³-hybridized carbons (Fsp3) is 0.0270. The van der Waals surface area contributed by atoms with Gasteiger partial charge in [0.05, 0.1) is 11.0 Å². The number of rotatable bonds is 6. The molecule has 0 N–H and O–H groups in total. The van der Waals surface area contributed by atoms with Crippen molar-refractivity contribution in [2.75, 3.05) is 4.90 Å². The summed E-state index contributed by atoms with van der Waals surface area (Å²) in [5.41, 5.74) is 9.73. The van der Waals surface area contributed by atoms with Crippen LogP contribution in [-0.4, -0.2) is 4.57 Å². The first-order chi connectivity index (χ1) is 19.4. The van der Waals surface area contributed by atoms with Gasteiger partial charge in [0.2, 0.25) is 0 Å². The maximum atomic E-state index is 2.39. The van der Waals surface area contributed by atoms with Crippen LogP contribution in [0.2, 0.25) is 0 Å². The van der Waals surface area contributed by atoms with E-state index in [1.54, 1.807) is 0 Å². The average molecular weight is 501 g/mol. The molecule has 7 rings (SSSR count). The molecule has 1 aromatic heterocycles. The molecular weight excluding hydrogens is 472 g/mol. The van der Waals surface area contributed by atoms with E-state index in [0.29, 0.717) is 0 Å². The van der Waals surface area contributed by atoms with E-state index in [0.717, 1.165) is 6.54 Å². The Morgan fingerprint density at radius 1 is 0.462 bits per heavy atom. The Morgan fingerprint density at radius 3 is 1.74 bits per heavy atom. The summed E-state index contributed by atoms with van der Waals surface area (Å²) in [4.78, 5) is 2.39. The zero-order valence-electron chi connectivity index (χ0n) is 21.6. The maximum Gasteiger partial charge on any atom is 0.0547 e. The van der Waals surface area contributed by atoms with Crippen molar-refractivity contribution in [2.24, 2.45) is 0 Å². The molecule has 0 aliphatic carbocycles. The predicted octanol–water partition coefficient (Wildman–Crippen LogP) is 9.79. The van der Waals surface area contributed by atoms with Gasteiger partial charge >= 0.3 is 0 Å². The first-order valence-electron chi connectivity index (χ1n) is 13.4. The quantitative estimate of drug-likeness (QED) is 0.221. The molecule has 0 aliphatic heterocycles. The second kappa shape index (κ2) is 10.00. The monoisotopic (exact) mass is 500 g/mol. The molecule has 0 radical (unpaired) electrons. The van der Waals surface area contributed by atoms with E-state index in [-0.39, 0.29) is 0 Å². The van der Waals surface area contributed by atoms with Crippen LogP contribution in [-0.2, 0) is 6.54 Å². The third-order valence-electron chi connectivity index (χ3n) is 7.48. The molecule has 0 saturated heterocycles. The SMILES string of the molecule is c1ccc(N(Cc2ccccc2-c2ccc3c4ccccc4n(-c4ccccc4)c3c2)c2ccccc2)cc1. The number of nitrogens with zero attached hydrogens (tertiary/aromatic N) is 2. The number of aromatic nitrogens is 1. The second-order valence-electron chi connectivity index (χ2n) is 9.83. The van der Waals surface area contributed by atoms with Crippen LogP contribution in [0.5, 0.6) is 0 Å². The smallest absolute Gasteiger partial charge is 0.0547 e. The number of benzene rings is 6. The standard InChI is InChI=1S/C37H28N2/c1-4-15-30(16-5-1)38(31-17-6-2-7-18-31)27-29-14-10-11-21-33(29)28-24-25-35-34-22-12-13-23-36(34)39(37(35)26-28)32-19-8-3-9-20-32/h1-26H,27H2. The highest BCUT2D eigenvalue weighted by Gasteiger charge is 2.16. The van der Waals surface area contributed by atoms with Gasteiger partial charge in [0.1, 0.15) is 0 Å². The lowest BCUT2D eigenvalue weighted by Crippen LogP contribution is -2.16. The lowest BCUT2D eigenvalue weighted by atomic mass is 9.97. The summed E-state index contributed by atoms with van der Waals surface area (Å²) in [7, 11) is 0. The van der Waals surface area contributed by atoms with Crippen molar-refractivity contribution < 1.29 is 0 Å². The lowest BCUT2D eigenvalue weighted by molar-refractivity contribution is 0.977. The summed E-state index contributed by atoms with van der Waals surface area (Å²) < 4.78 is 2.39. The van der Waals surface area contributed by atoms with E-state index < -0.39 is 0 Å². The molecule has 7 aromatic rings. The van der Waals surface area contributed by atoms with Gasteiger partial charge < -0.3 is 9.47 Å². The predicted molar refractivity (Wildman–Crippen MR) is 165 cm³/mol. The molecule has 39 heavy (non-hydrogen) atoms. The van der Waals surface area contributed by atoms with Crippen molar-refractivity contribution in [2.45, 2.75) is 6.54 Å². The van der Waals surface area contributed by atoms with E-state index in [2.05, 4.69) is 167 Å². The van der Waals surface area contributed by atoms with E-state index in [1.165, 1.54) is 55.6 Å². The van der Waals surface area contributed by atoms with Gasteiger partial charge in [-0.05, 0) is 65.2 Å². The van der Waals surface area contributed by atoms with Gasteiger partial charge in [-0.25, -0.2) is 0 Å². The summed E-state index contributed by atoms with van der Waals surface area (Å²) in [6.07, 6.45) is 0. The van der Waals surface area contributed by atoms with Crippen LogP contribution in [0.1, 0.15) is 5.56 Å². The summed E-state index contributed by atoms with van der Waals surface area (Å²) in [5, 5.41) is 2.54. The molecule has 0 aliphatic rings. The van der Waals surface area contributed by atoms with Crippen LogP contribution in [0.3, 0.4) is 0 Å². The molecule has 0 atom stereocenters. The second-order valence-corrected chi connectivity index (χ2v) is 9.83. The van der Waals surface area contributed by atoms with Crippen LogP contribution in [0.15, 0.2) is 158 Å². The summed E-state index contributed by atoms with van der Waals surface area (Å²) in [6.45, 7) is 0.768. The van der Waals surface area contributed by atoms with Crippen LogP contribution < -0.4 is 4.90 Å². The Morgan fingerprint density at radius 2 is 1.03 bits per heavy atom. The Hall–Kier alpha value is -5.08. The van der Waals surface area contributed by atoms with Crippen molar-refractivity contribution in [3.05, 3.63) is 163 Å². The fourth-order valence-electron chi connectivity index (χ4n) is 5.65. The Balaban J connectivity index is 1.38. The van der Waals surface area contributed by atoms with Gasteiger partial charge in [-0.2, -0.15) is 0 Å². The molecule has 2 nitrogen and oxygen atoms in total. The number of hydrogen-bond acceptors (Lipinski definition) is 1. The topological polar surface area (TPSA) is 8.17 Å². The molecule has 0 fully saturated rings. The largest absolute Gasteiger partial charge is 0.337 e. The minimum Gasteiger partial charge on any atom is -0.337 e. The van der Waals surface area contributed by atoms with Gasteiger partial charge in [0.15, 0.2) is 0 Å². The maximum absolute atomic E-state index is 2.39. The normalized spacial score (nSPS) is 11.2. The Bertz CT molecular complexity index is 1830. The highest BCUT2D eigenvalue weighted by atomic mass is 15.1. The lowest BCUT2D eigenvalue weighted by Gasteiger charge is -2.26. The summed E-state index contributed by atoms with van der Waals surface area (Å²) in [5.74, 6) is 0. The van der Waals surface area contributed by atoms with Gasteiger partial charge in [0, 0.05) is 34.4 Å². The number of fused-ring (bicyclic) bond motifs is 3. The highest BCUT2D eigenvalue weighted by Crippen LogP contribution is 2.36. The van der Waals surface area contributed by atoms with Crippen LogP contribution in [0, 0.1) is 0 Å². The van der Waals surface area contributed by atoms with Gasteiger partial charge in [-0.1, -0.05) is 109 Å². The van der Waals surface area contributed by atoms with E-state index in [9.17, 15) is 0 Å². The first kappa shape index (κ1) is 23.1. The van der Waals surface area contributed by atoms with Crippen LogP contribution >= 0.6 is 0 Å². The van der Waals surface area contributed by atoms with Gasteiger partial charge in [-0.3, -0.25) is 0 Å². The average Bonchev–Trinajstić information content (AvgIpc) is 3.35. The van der Waals surface area contributed by atoms with Gasteiger partial charge in [-0.15, -0.1) is 0 Å². The van der Waals surface area contributed by atoms with Crippen molar-refractivity contribution in [1.82, 2.24) is 4.57 Å². The number of anilines is 2. The minimum atomic E-state index is 0.768. The molecule has 186 valence electrons. The molecular formula is C37H28N2. The molecule has 0 unspecified atom stereocenters. The van der Waals surface area contributed by atoms with E-state index in [1.807, 2.05) is 0 Å². The zero-order chi connectivity index (χ0) is 26.0. The molecule has 0 spiro atoms. The molecule has 0 amide bonds. The van der Waals surface area contributed by atoms with Crippen molar-refractivity contribution >= 4 is 33.2 Å². The molecule has 6 aromatic carbocycles. The molecule has 2 heteroatoms. The molecule has 0 saturated carbocycles. The molecule has 0 bridgehead atoms. The van der Waals surface area contributed by atoms with E-state index >= 15 is 0 Å². The fourth-order valence-corrected chi connectivity index (χ4v) is 5.65. The minimum absolute atomic E-state index is 0.768. The van der Waals surface area contributed by atoms with Gasteiger partial charge in [0.25, 0.3) is 0 Å². The third-order valence-corrected chi connectivity index (χ3v) is 7.48. The van der Waals surface area contributed by atoms with Crippen molar-refractivity contribution in [1.29, 1.82) is 0 Å². The van der Waals surface area contributed by atoms with E-state index in [4.69, 9.17) is 0 Å². The number of para-hydroxylation sites is 4. The Kier molecular flexibility index (Phi) is 5.91. The number of hydrogen-bond donors (Lipinski definition) is 0. The summed E-state index contributed by atoms with van der Waals surface area (Å²) in [6, 6.07) is 56.3. The highest BCUT2D eigenvalue weighted by molar-refractivity contribution is 6.10. The third kappa shape index (κ3) is 4.26. The van der Waals surface area contributed by atoms with Crippen molar-refractivity contribution in [3.8, 4) is 16.8 Å². The summed E-state index contributed by atoms with van der Waals surface area (Å²) >= 11 is 0. The Labute approximate surface area is 229 Å². The van der Waals surface area contributed by atoms with Crippen molar-refractivity contribution in [3.63, 3.8) is 0 Å². The zero-order valence-corrected chi connectivity index (χ0v) is 21.6. The van der Waals surface area contributed by atoms with Crippen LogP contribution in [0.25, 0.3) is 38.6 Å².